The predicted molar refractivity (Wildman–Crippen MR) is 77.6 cm³/mol. The van der Waals surface area contributed by atoms with Gasteiger partial charge >= 0.3 is 0 Å². The van der Waals surface area contributed by atoms with Crippen LogP contribution in [0.5, 0.6) is 0 Å². The number of aromatic nitrogens is 2. The van der Waals surface area contributed by atoms with E-state index >= 15 is 0 Å². The van der Waals surface area contributed by atoms with Crippen molar-refractivity contribution >= 4 is 28.8 Å². The summed E-state index contributed by atoms with van der Waals surface area (Å²) in [7, 11) is 2.03. The summed E-state index contributed by atoms with van der Waals surface area (Å²) >= 11 is 7.88. The zero-order chi connectivity index (χ0) is 13.1. The molecule has 96 valence electrons. The molecule has 2 aromatic heterocycles. The van der Waals surface area contributed by atoms with Crippen LogP contribution in [0.25, 0.3) is 0 Å². The van der Waals surface area contributed by atoms with Gasteiger partial charge in [-0.05, 0) is 28.3 Å². The third kappa shape index (κ3) is 2.82. The summed E-state index contributed by atoms with van der Waals surface area (Å²) in [5.41, 5.74) is 2.30. The van der Waals surface area contributed by atoms with E-state index in [2.05, 4.69) is 45.5 Å². The average Bonchev–Trinajstić information content (AvgIpc) is 2.80. The Morgan fingerprint density at radius 1 is 1.39 bits per heavy atom. The monoisotopic (exact) mass is 281 g/mol. The lowest BCUT2D eigenvalue weighted by Crippen LogP contribution is -2.20. The van der Waals surface area contributed by atoms with Crippen LogP contribution in [0.15, 0.2) is 23.2 Å². The first-order valence-electron chi connectivity index (χ1n) is 5.82. The van der Waals surface area contributed by atoms with E-state index in [1.807, 2.05) is 7.05 Å². The Bertz CT molecular complexity index is 511. The SMILES string of the molecule is CC(C)c1c(Cl)ncnc1N(C)Cc1ccsc1. The highest BCUT2D eigenvalue weighted by Crippen LogP contribution is 2.30. The van der Waals surface area contributed by atoms with Gasteiger partial charge in [0, 0.05) is 19.2 Å². The molecule has 0 aliphatic rings. The topological polar surface area (TPSA) is 29.0 Å². The van der Waals surface area contributed by atoms with Gasteiger partial charge in [0.1, 0.15) is 17.3 Å². The van der Waals surface area contributed by atoms with Gasteiger partial charge in [-0.15, -0.1) is 0 Å². The van der Waals surface area contributed by atoms with E-state index in [0.717, 1.165) is 17.9 Å². The summed E-state index contributed by atoms with van der Waals surface area (Å²) < 4.78 is 0. The Balaban J connectivity index is 2.29. The van der Waals surface area contributed by atoms with Crippen LogP contribution in [0.2, 0.25) is 5.15 Å². The molecule has 0 radical (unpaired) electrons. The third-order valence-electron chi connectivity index (χ3n) is 2.75. The molecular weight excluding hydrogens is 266 g/mol. The van der Waals surface area contributed by atoms with Crippen LogP contribution >= 0.6 is 22.9 Å². The summed E-state index contributed by atoms with van der Waals surface area (Å²) in [5.74, 6) is 1.22. The molecule has 0 aromatic carbocycles. The van der Waals surface area contributed by atoms with Gasteiger partial charge in [0.2, 0.25) is 0 Å². The minimum atomic E-state index is 0.304. The maximum atomic E-state index is 6.17. The fraction of sp³-hybridized carbons (Fsp3) is 0.385. The van der Waals surface area contributed by atoms with Gasteiger partial charge in [0.25, 0.3) is 0 Å². The highest BCUT2D eigenvalue weighted by molar-refractivity contribution is 7.07. The Morgan fingerprint density at radius 2 is 2.17 bits per heavy atom. The van der Waals surface area contributed by atoms with Crippen LogP contribution in [-0.2, 0) is 6.54 Å². The molecule has 0 fully saturated rings. The maximum absolute atomic E-state index is 6.17. The van der Waals surface area contributed by atoms with Crippen molar-refractivity contribution in [3.8, 4) is 0 Å². The Hall–Kier alpha value is -1.13. The number of hydrogen-bond donors (Lipinski definition) is 0. The van der Waals surface area contributed by atoms with Gasteiger partial charge in [0.05, 0.1) is 0 Å². The Morgan fingerprint density at radius 3 is 2.78 bits per heavy atom. The summed E-state index contributed by atoms with van der Waals surface area (Å²) in [5, 5.41) is 4.78. The van der Waals surface area contributed by atoms with E-state index in [1.165, 1.54) is 11.9 Å². The second kappa shape index (κ2) is 5.67. The number of anilines is 1. The van der Waals surface area contributed by atoms with Crippen molar-refractivity contribution in [3.63, 3.8) is 0 Å². The quantitative estimate of drug-likeness (QED) is 0.795. The van der Waals surface area contributed by atoms with Crippen LogP contribution in [0.1, 0.15) is 30.9 Å². The van der Waals surface area contributed by atoms with Crippen LogP contribution in [0.3, 0.4) is 0 Å². The smallest absolute Gasteiger partial charge is 0.138 e. The van der Waals surface area contributed by atoms with Gasteiger partial charge in [-0.3, -0.25) is 0 Å². The van der Waals surface area contributed by atoms with Crippen molar-refractivity contribution in [2.24, 2.45) is 0 Å². The maximum Gasteiger partial charge on any atom is 0.138 e. The summed E-state index contributed by atoms with van der Waals surface area (Å²) in [6.45, 7) is 5.04. The van der Waals surface area contributed by atoms with Gasteiger partial charge in [-0.2, -0.15) is 11.3 Å². The normalized spacial score (nSPS) is 10.9. The van der Waals surface area contributed by atoms with Gasteiger partial charge in [0.15, 0.2) is 0 Å². The zero-order valence-electron chi connectivity index (χ0n) is 10.7. The Kier molecular flexibility index (Phi) is 4.19. The summed E-state index contributed by atoms with van der Waals surface area (Å²) in [4.78, 5) is 10.6. The average molecular weight is 282 g/mol. The highest BCUT2D eigenvalue weighted by Gasteiger charge is 2.16. The number of halogens is 1. The molecule has 0 aliphatic heterocycles. The molecule has 0 saturated carbocycles. The lowest BCUT2D eigenvalue weighted by Gasteiger charge is -2.22. The van der Waals surface area contributed by atoms with Crippen molar-refractivity contribution < 1.29 is 0 Å². The van der Waals surface area contributed by atoms with Crippen molar-refractivity contribution in [1.82, 2.24) is 9.97 Å². The largest absolute Gasteiger partial charge is 0.355 e. The predicted octanol–water partition coefficient (Wildman–Crippen LogP) is 3.95. The van der Waals surface area contributed by atoms with Gasteiger partial charge < -0.3 is 4.90 Å². The molecular formula is C13H16ClN3S. The molecule has 0 N–H and O–H groups in total. The fourth-order valence-corrected chi connectivity index (χ4v) is 2.90. The number of thiophene rings is 1. The van der Waals surface area contributed by atoms with Gasteiger partial charge in [-0.25, -0.2) is 9.97 Å². The highest BCUT2D eigenvalue weighted by atomic mass is 35.5. The molecule has 0 saturated heterocycles. The van der Waals surface area contributed by atoms with E-state index in [9.17, 15) is 0 Å². The molecule has 0 spiro atoms. The number of nitrogens with zero attached hydrogens (tertiary/aromatic N) is 3. The van der Waals surface area contributed by atoms with Crippen LogP contribution in [0, 0.1) is 0 Å². The third-order valence-corrected chi connectivity index (χ3v) is 3.79. The first kappa shape index (κ1) is 13.3. The van der Waals surface area contributed by atoms with E-state index in [0.29, 0.717) is 11.1 Å². The molecule has 18 heavy (non-hydrogen) atoms. The summed E-state index contributed by atoms with van der Waals surface area (Å²) in [6.07, 6.45) is 1.52. The van der Waals surface area contributed by atoms with E-state index in [1.54, 1.807) is 11.3 Å². The van der Waals surface area contributed by atoms with Crippen LogP contribution < -0.4 is 4.90 Å². The standard InChI is InChI=1S/C13H16ClN3S/c1-9(2)11-12(14)15-8-16-13(11)17(3)6-10-4-5-18-7-10/h4-5,7-9H,6H2,1-3H3. The molecule has 2 aromatic rings. The van der Waals surface area contributed by atoms with Crippen molar-refractivity contribution in [3.05, 3.63) is 39.4 Å². The Labute approximate surface area is 116 Å². The molecule has 2 heterocycles. The van der Waals surface area contributed by atoms with Crippen molar-refractivity contribution in [1.29, 1.82) is 0 Å². The minimum Gasteiger partial charge on any atom is -0.355 e. The van der Waals surface area contributed by atoms with E-state index < -0.39 is 0 Å². The first-order chi connectivity index (χ1) is 8.59. The van der Waals surface area contributed by atoms with Crippen molar-refractivity contribution in [2.45, 2.75) is 26.3 Å². The second-order valence-electron chi connectivity index (χ2n) is 4.54. The number of hydrogen-bond acceptors (Lipinski definition) is 4. The second-order valence-corrected chi connectivity index (χ2v) is 5.68. The van der Waals surface area contributed by atoms with E-state index in [4.69, 9.17) is 11.6 Å². The van der Waals surface area contributed by atoms with E-state index in [-0.39, 0.29) is 0 Å². The molecule has 3 nitrogen and oxygen atoms in total. The lowest BCUT2D eigenvalue weighted by molar-refractivity contribution is 0.809. The molecule has 0 bridgehead atoms. The fourth-order valence-electron chi connectivity index (χ4n) is 1.90. The molecule has 2 rings (SSSR count). The molecule has 0 atom stereocenters. The molecule has 0 aliphatic carbocycles. The zero-order valence-corrected chi connectivity index (χ0v) is 12.3. The van der Waals surface area contributed by atoms with Gasteiger partial charge in [-0.1, -0.05) is 25.4 Å². The first-order valence-corrected chi connectivity index (χ1v) is 7.14. The van der Waals surface area contributed by atoms with Crippen molar-refractivity contribution in [2.75, 3.05) is 11.9 Å². The number of rotatable bonds is 4. The lowest BCUT2D eigenvalue weighted by atomic mass is 10.1. The molecule has 0 unspecified atom stereocenters. The van der Waals surface area contributed by atoms with Crippen LogP contribution in [0.4, 0.5) is 5.82 Å². The molecule has 0 amide bonds. The summed E-state index contributed by atoms with van der Waals surface area (Å²) in [6, 6.07) is 2.12. The minimum absolute atomic E-state index is 0.304. The van der Waals surface area contributed by atoms with Crippen LogP contribution in [-0.4, -0.2) is 17.0 Å². The molecule has 5 heteroatoms.